The third-order valence-electron chi connectivity index (χ3n) is 4.10. The quantitative estimate of drug-likeness (QED) is 0.785. The summed E-state index contributed by atoms with van der Waals surface area (Å²) in [5, 5.41) is 0. The van der Waals surface area contributed by atoms with E-state index in [0.717, 1.165) is 23.1 Å². The lowest BCUT2D eigenvalue weighted by Gasteiger charge is -2.13. The molecular weight excluding hydrogens is 240 g/mol. The second-order valence-electron chi connectivity index (χ2n) is 5.75. The predicted molar refractivity (Wildman–Crippen MR) is 73.9 cm³/mol. The van der Waals surface area contributed by atoms with Gasteiger partial charge in [-0.2, -0.15) is 0 Å². The van der Waals surface area contributed by atoms with Crippen molar-refractivity contribution < 1.29 is 14.3 Å². The predicted octanol–water partition coefficient (Wildman–Crippen LogP) is 2.90. The number of ether oxygens (including phenoxy) is 1. The lowest BCUT2D eigenvalue weighted by atomic mass is 9.87. The summed E-state index contributed by atoms with van der Waals surface area (Å²) in [6.45, 7) is 7.96. The van der Waals surface area contributed by atoms with E-state index in [0.29, 0.717) is 17.7 Å². The summed E-state index contributed by atoms with van der Waals surface area (Å²) < 4.78 is 5.11. The molecular formula is C16H20O3. The Morgan fingerprint density at radius 3 is 2.37 bits per heavy atom. The number of benzene rings is 1. The van der Waals surface area contributed by atoms with E-state index in [1.165, 1.54) is 0 Å². The van der Waals surface area contributed by atoms with Crippen molar-refractivity contribution in [3.63, 3.8) is 0 Å². The van der Waals surface area contributed by atoms with Crippen molar-refractivity contribution >= 4 is 11.6 Å². The van der Waals surface area contributed by atoms with Gasteiger partial charge in [-0.15, -0.1) is 0 Å². The minimum Gasteiger partial charge on any atom is -0.384 e. The van der Waals surface area contributed by atoms with Crippen LogP contribution in [0.4, 0.5) is 0 Å². The molecule has 0 aromatic heterocycles. The van der Waals surface area contributed by atoms with Crippen LogP contribution >= 0.6 is 0 Å². The summed E-state index contributed by atoms with van der Waals surface area (Å²) in [6, 6.07) is 1.86. The van der Waals surface area contributed by atoms with Gasteiger partial charge >= 0.3 is 0 Å². The molecule has 1 aliphatic rings. The van der Waals surface area contributed by atoms with Gasteiger partial charge in [-0.3, -0.25) is 9.59 Å². The van der Waals surface area contributed by atoms with Crippen molar-refractivity contribution in [2.24, 2.45) is 5.41 Å². The number of aryl methyl sites for hydroxylation is 1. The number of carbonyl (C=O) groups excluding carboxylic acids is 2. The lowest BCUT2D eigenvalue weighted by molar-refractivity contribution is 0.0746. The number of carbonyl (C=O) groups is 2. The normalized spacial score (nSPS) is 16.9. The first-order valence-electron chi connectivity index (χ1n) is 6.54. The van der Waals surface area contributed by atoms with Gasteiger partial charge < -0.3 is 4.74 Å². The summed E-state index contributed by atoms with van der Waals surface area (Å²) >= 11 is 0. The average molecular weight is 260 g/mol. The van der Waals surface area contributed by atoms with Crippen molar-refractivity contribution in [2.75, 3.05) is 13.7 Å². The molecule has 0 amide bonds. The third-order valence-corrected chi connectivity index (χ3v) is 4.10. The smallest absolute Gasteiger partial charge is 0.177 e. The van der Waals surface area contributed by atoms with Crippen LogP contribution in [0.3, 0.4) is 0 Å². The van der Waals surface area contributed by atoms with Crippen molar-refractivity contribution in [1.29, 1.82) is 0 Å². The highest BCUT2D eigenvalue weighted by atomic mass is 16.5. The van der Waals surface area contributed by atoms with Gasteiger partial charge in [0.15, 0.2) is 11.6 Å². The molecule has 0 heterocycles. The number of hydrogen-bond acceptors (Lipinski definition) is 3. The Kier molecular flexibility index (Phi) is 3.35. The molecule has 0 radical (unpaired) electrons. The molecule has 2 rings (SSSR count). The van der Waals surface area contributed by atoms with Gasteiger partial charge in [-0.1, -0.05) is 0 Å². The fraction of sp³-hybridized carbons (Fsp3) is 0.500. The molecule has 19 heavy (non-hydrogen) atoms. The minimum atomic E-state index is -0.917. The van der Waals surface area contributed by atoms with Crippen LogP contribution in [-0.2, 0) is 11.2 Å². The van der Waals surface area contributed by atoms with E-state index >= 15 is 0 Å². The standard InChI is InChI=1S/C16H20O3/c1-9-8-12-13(10(2)11(9)6-7-19-5)15(18)16(3,4)14(12)17/h8H,6-7H2,1-5H3. The molecule has 1 aromatic carbocycles. The second kappa shape index (κ2) is 4.57. The van der Waals surface area contributed by atoms with Gasteiger partial charge in [0.05, 0.1) is 12.0 Å². The van der Waals surface area contributed by atoms with Gasteiger partial charge in [-0.05, 0) is 56.9 Å². The van der Waals surface area contributed by atoms with Crippen LogP contribution in [0.25, 0.3) is 0 Å². The molecule has 0 atom stereocenters. The molecule has 0 N–H and O–H groups in total. The lowest BCUT2D eigenvalue weighted by Crippen LogP contribution is -2.25. The minimum absolute atomic E-state index is 0.0522. The molecule has 0 bridgehead atoms. The largest absolute Gasteiger partial charge is 0.384 e. The van der Waals surface area contributed by atoms with E-state index < -0.39 is 5.41 Å². The number of ketones is 2. The molecule has 0 aliphatic heterocycles. The van der Waals surface area contributed by atoms with Crippen LogP contribution in [0.15, 0.2) is 6.07 Å². The maximum Gasteiger partial charge on any atom is 0.177 e. The van der Waals surface area contributed by atoms with Crippen LogP contribution in [0.1, 0.15) is 51.3 Å². The first-order valence-corrected chi connectivity index (χ1v) is 6.54. The van der Waals surface area contributed by atoms with Gasteiger partial charge in [-0.25, -0.2) is 0 Å². The first-order chi connectivity index (χ1) is 8.82. The summed E-state index contributed by atoms with van der Waals surface area (Å²) in [6.07, 6.45) is 0.767. The molecule has 0 spiro atoms. The van der Waals surface area contributed by atoms with Crippen molar-refractivity contribution in [3.05, 3.63) is 33.9 Å². The molecule has 102 valence electrons. The van der Waals surface area contributed by atoms with Crippen LogP contribution in [-0.4, -0.2) is 25.3 Å². The Bertz CT molecular complexity index is 568. The van der Waals surface area contributed by atoms with E-state index in [2.05, 4.69) is 0 Å². The zero-order chi connectivity index (χ0) is 14.4. The van der Waals surface area contributed by atoms with Gasteiger partial charge in [0, 0.05) is 18.2 Å². The SMILES string of the molecule is COCCc1c(C)cc2c(c1C)C(=O)C(C)(C)C2=O. The summed E-state index contributed by atoms with van der Waals surface area (Å²) in [5.41, 5.74) is 3.42. The zero-order valence-corrected chi connectivity index (χ0v) is 12.2. The van der Waals surface area contributed by atoms with Gasteiger partial charge in [0.1, 0.15) is 0 Å². The fourth-order valence-electron chi connectivity index (χ4n) is 2.84. The Morgan fingerprint density at radius 1 is 1.16 bits per heavy atom. The second-order valence-corrected chi connectivity index (χ2v) is 5.75. The Balaban J connectivity index is 2.62. The Morgan fingerprint density at radius 2 is 1.79 bits per heavy atom. The molecule has 0 unspecified atom stereocenters. The summed E-state index contributed by atoms with van der Waals surface area (Å²) in [7, 11) is 1.66. The molecule has 1 aliphatic carbocycles. The van der Waals surface area contributed by atoms with E-state index in [1.54, 1.807) is 21.0 Å². The zero-order valence-electron chi connectivity index (χ0n) is 12.2. The van der Waals surface area contributed by atoms with Crippen molar-refractivity contribution in [3.8, 4) is 0 Å². The molecule has 0 saturated heterocycles. The van der Waals surface area contributed by atoms with E-state index in [4.69, 9.17) is 4.74 Å². The number of Topliss-reactive ketones (excluding diaryl/α,β-unsaturated/α-hetero) is 2. The third kappa shape index (κ3) is 1.93. The van der Waals surface area contributed by atoms with Crippen LogP contribution < -0.4 is 0 Å². The summed E-state index contributed by atoms with van der Waals surface area (Å²) in [4.78, 5) is 24.7. The maximum atomic E-state index is 12.4. The molecule has 3 nitrogen and oxygen atoms in total. The number of rotatable bonds is 3. The Labute approximate surface area is 114 Å². The Hall–Kier alpha value is -1.48. The van der Waals surface area contributed by atoms with Crippen LogP contribution in [0, 0.1) is 19.3 Å². The topological polar surface area (TPSA) is 43.4 Å². The highest BCUT2D eigenvalue weighted by Crippen LogP contribution is 2.39. The molecule has 3 heteroatoms. The molecule has 0 saturated carbocycles. The van der Waals surface area contributed by atoms with Gasteiger partial charge in [0.2, 0.25) is 0 Å². The number of hydrogen-bond donors (Lipinski definition) is 0. The monoisotopic (exact) mass is 260 g/mol. The van der Waals surface area contributed by atoms with E-state index in [9.17, 15) is 9.59 Å². The average Bonchev–Trinajstić information content (AvgIpc) is 2.51. The highest BCUT2D eigenvalue weighted by molar-refractivity contribution is 6.29. The molecule has 1 aromatic rings. The van der Waals surface area contributed by atoms with E-state index in [-0.39, 0.29) is 11.6 Å². The van der Waals surface area contributed by atoms with Gasteiger partial charge in [0.25, 0.3) is 0 Å². The van der Waals surface area contributed by atoms with Crippen LogP contribution in [0.5, 0.6) is 0 Å². The first kappa shape index (κ1) is 13.9. The fourth-order valence-corrected chi connectivity index (χ4v) is 2.84. The molecule has 0 fully saturated rings. The van der Waals surface area contributed by atoms with E-state index in [1.807, 2.05) is 19.9 Å². The van der Waals surface area contributed by atoms with Crippen molar-refractivity contribution in [1.82, 2.24) is 0 Å². The number of methoxy groups -OCH3 is 1. The van der Waals surface area contributed by atoms with Crippen molar-refractivity contribution in [2.45, 2.75) is 34.1 Å². The van der Waals surface area contributed by atoms with Crippen LogP contribution in [0.2, 0.25) is 0 Å². The summed E-state index contributed by atoms with van der Waals surface area (Å²) in [5.74, 6) is -0.111. The number of fused-ring (bicyclic) bond motifs is 1. The highest BCUT2D eigenvalue weighted by Gasteiger charge is 2.46. The maximum absolute atomic E-state index is 12.4.